The molecule has 1 N–H and O–H groups in total. The van der Waals surface area contributed by atoms with Crippen molar-refractivity contribution in [1.29, 1.82) is 0 Å². The van der Waals surface area contributed by atoms with Crippen molar-refractivity contribution in [1.82, 2.24) is 0 Å². The molecule has 1 atom stereocenters. The molecule has 0 heterocycles. The predicted octanol–water partition coefficient (Wildman–Crippen LogP) is 1.29. The van der Waals surface area contributed by atoms with Crippen LogP contribution in [0.2, 0.25) is 0 Å². The second-order valence-corrected chi connectivity index (χ2v) is 4.20. The van der Waals surface area contributed by atoms with Gasteiger partial charge in [-0.05, 0) is 36.8 Å². The topological polar surface area (TPSA) is 63.6 Å². The van der Waals surface area contributed by atoms with Crippen molar-refractivity contribution in [3.63, 3.8) is 0 Å². The SMILES string of the molecule is CCC(Oc1c[c]c[c]c1)S(=O)(=O)O. The Morgan fingerprint density at radius 3 is 2.50 bits per heavy atom. The Balaban J connectivity index is 2.77. The number of hydrogen-bond acceptors (Lipinski definition) is 3. The molecule has 14 heavy (non-hydrogen) atoms. The minimum absolute atomic E-state index is 0.174. The first-order valence-corrected chi connectivity index (χ1v) is 5.54. The van der Waals surface area contributed by atoms with Gasteiger partial charge in [0.05, 0.1) is 0 Å². The van der Waals surface area contributed by atoms with E-state index in [0.717, 1.165) is 0 Å². The smallest absolute Gasteiger partial charge is 0.303 e. The summed E-state index contributed by atoms with van der Waals surface area (Å²) >= 11 is 0. The van der Waals surface area contributed by atoms with Gasteiger partial charge in [0, 0.05) is 0 Å². The highest BCUT2D eigenvalue weighted by atomic mass is 32.2. The van der Waals surface area contributed by atoms with E-state index in [1.807, 2.05) is 0 Å². The minimum Gasteiger partial charge on any atom is -0.472 e. The van der Waals surface area contributed by atoms with Gasteiger partial charge in [-0.3, -0.25) is 4.55 Å². The van der Waals surface area contributed by atoms with Crippen LogP contribution in [0, 0.1) is 12.1 Å². The molecule has 0 aliphatic heterocycles. The standard InChI is InChI=1S/C9H10O4S/c1-2-9(14(10,11)12)13-8-6-4-3-5-7-8/h3,6-7,9H,2H2,1H3,(H,10,11,12). The van der Waals surface area contributed by atoms with Crippen molar-refractivity contribution in [2.75, 3.05) is 0 Å². The zero-order valence-corrected chi connectivity index (χ0v) is 8.41. The van der Waals surface area contributed by atoms with Crippen molar-refractivity contribution < 1.29 is 17.7 Å². The summed E-state index contributed by atoms with van der Waals surface area (Å²) in [6.45, 7) is 1.61. The molecule has 0 aliphatic rings. The lowest BCUT2D eigenvalue weighted by atomic mass is 10.3. The van der Waals surface area contributed by atoms with Gasteiger partial charge < -0.3 is 4.74 Å². The summed E-state index contributed by atoms with van der Waals surface area (Å²) < 4.78 is 35.3. The molecule has 0 spiro atoms. The fourth-order valence-corrected chi connectivity index (χ4v) is 1.57. The summed E-state index contributed by atoms with van der Waals surface area (Å²) in [6, 6.07) is 9.87. The largest absolute Gasteiger partial charge is 0.472 e. The van der Waals surface area contributed by atoms with Crippen molar-refractivity contribution >= 4 is 10.1 Å². The van der Waals surface area contributed by atoms with Gasteiger partial charge in [0.1, 0.15) is 5.75 Å². The summed E-state index contributed by atoms with van der Waals surface area (Å²) in [5.74, 6) is 0.317. The van der Waals surface area contributed by atoms with Crippen molar-refractivity contribution in [3.05, 3.63) is 30.3 Å². The second kappa shape index (κ2) is 4.43. The highest BCUT2D eigenvalue weighted by Gasteiger charge is 2.22. The number of rotatable bonds is 4. The normalized spacial score (nSPS) is 13.6. The Hall–Kier alpha value is -1.07. The first-order valence-electron chi connectivity index (χ1n) is 4.04. The van der Waals surface area contributed by atoms with Crippen LogP contribution in [0.4, 0.5) is 0 Å². The maximum absolute atomic E-state index is 10.8. The Kier molecular flexibility index (Phi) is 3.49. The maximum Gasteiger partial charge on any atom is 0.303 e. The third-order valence-electron chi connectivity index (χ3n) is 1.55. The molecule has 1 aromatic carbocycles. The van der Waals surface area contributed by atoms with Gasteiger partial charge in [-0.2, -0.15) is 8.42 Å². The summed E-state index contributed by atoms with van der Waals surface area (Å²) in [5.41, 5.74) is -1.23. The van der Waals surface area contributed by atoms with Crippen LogP contribution in [-0.2, 0) is 10.1 Å². The number of ether oxygens (including phenoxy) is 1. The van der Waals surface area contributed by atoms with Crippen molar-refractivity contribution in [3.8, 4) is 5.75 Å². The second-order valence-electron chi connectivity index (χ2n) is 2.64. The van der Waals surface area contributed by atoms with E-state index in [1.54, 1.807) is 13.0 Å². The zero-order chi connectivity index (χ0) is 10.6. The summed E-state index contributed by atoms with van der Waals surface area (Å²) in [6.07, 6.45) is 0.174. The van der Waals surface area contributed by atoms with Crippen LogP contribution in [0.25, 0.3) is 0 Å². The van der Waals surface area contributed by atoms with Crippen molar-refractivity contribution in [2.24, 2.45) is 0 Å². The van der Waals surface area contributed by atoms with Crippen LogP contribution in [0.5, 0.6) is 5.75 Å². The van der Waals surface area contributed by atoms with Crippen LogP contribution in [0.3, 0.4) is 0 Å². The molecule has 0 bridgehead atoms. The molecule has 0 fully saturated rings. The molecule has 0 amide bonds. The summed E-state index contributed by atoms with van der Waals surface area (Å²) in [5, 5.41) is 0. The van der Waals surface area contributed by atoms with E-state index >= 15 is 0 Å². The van der Waals surface area contributed by atoms with Crippen LogP contribution >= 0.6 is 0 Å². The molecular formula is C9H10O4S. The molecule has 0 saturated carbocycles. The first-order chi connectivity index (χ1) is 6.54. The molecule has 0 aromatic heterocycles. The van der Waals surface area contributed by atoms with Gasteiger partial charge in [-0.1, -0.05) is 6.92 Å². The highest BCUT2D eigenvalue weighted by Crippen LogP contribution is 2.14. The van der Waals surface area contributed by atoms with E-state index in [0.29, 0.717) is 5.75 Å². The Morgan fingerprint density at radius 2 is 2.07 bits per heavy atom. The lowest BCUT2D eigenvalue weighted by molar-refractivity contribution is 0.252. The average Bonchev–Trinajstić information content (AvgIpc) is 2.14. The van der Waals surface area contributed by atoms with Gasteiger partial charge in [0.25, 0.3) is 0 Å². The minimum atomic E-state index is -4.16. The lowest BCUT2D eigenvalue weighted by Gasteiger charge is -2.13. The molecule has 1 unspecified atom stereocenters. The Morgan fingerprint density at radius 1 is 1.50 bits per heavy atom. The first kappa shape index (κ1) is 11.0. The molecule has 5 heteroatoms. The molecule has 2 radical (unpaired) electrons. The van der Waals surface area contributed by atoms with Gasteiger partial charge in [0.15, 0.2) is 0 Å². The van der Waals surface area contributed by atoms with E-state index < -0.39 is 15.6 Å². The van der Waals surface area contributed by atoms with Gasteiger partial charge in [-0.15, -0.1) is 0 Å². The fourth-order valence-electron chi connectivity index (χ4n) is 0.912. The summed E-state index contributed by atoms with van der Waals surface area (Å²) in [7, 11) is -4.16. The highest BCUT2D eigenvalue weighted by molar-refractivity contribution is 7.86. The third-order valence-corrected chi connectivity index (χ3v) is 2.64. The van der Waals surface area contributed by atoms with Gasteiger partial charge >= 0.3 is 10.1 Å². The fraction of sp³-hybridized carbons (Fsp3) is 0.333. The molecule has 4 nitrogen and oxygen atoms in total. The van der Waals surface area contributed by atoms with Crippen molar-refractivity contribution in [2.45, 2.75) is 18.8 Å². The van der Waals surface area contributed by atoms with E-state index in [4.69, 9.17) is 9.29 Å². The van der Waals surface area contributed by atoms with E-state index in [2.05, 4.69) is 12.1 Å². The maximum atomic E-state index is 10.8. The molecule has 1 aromatic rings. The summed E-state index contributed by atoms with van der Waals surface area (Å²) in [4.78, 5) is 0. The lowest BCUT2D eigenvalue weighted by Crippen LogP contribution is -2.25. The average molecular weight is 214 g/mol. The van der Waals surface area contributed by atoms with Crippen LogP contribution in [0.1, 0.15) is 13.3 Å². The van der Waals surface area contributed by atoms with Gasteiger partial charge in [0.2, 0.25) is 5.44 Å². The zero-order valence-electron chi connectivity index (χ0n) is 7.60. The monoisotopic (exact) mass is 214 g/mol. The van der Waals surface area contributed by atoms with E-state index in [-0.39, 0.29) is 6.42 Å². The van der Waals surface area contributed by atoms with E-state index in [9.17, 15) is 8.42 Å². The van der Waals surface area contributed by atoms with Crippen LogP contribution in [-0.4, -0.2) is 18.4 Å². The molecular weight excluding hydrogens is 204 g/mol. The molecule has 0 saturated heterocycles. The van der Waals surface area contributed by atoms with Gasteiger partial charge in [-0.25, -0.2) is 0 Å². The van der Waals surface area contributed by atoms with Crippen LogP contribution < -0.4 is 4.74 Å². The van der Waals surface area contributed by atoms with Crippen LogP contribution in [0.15, 0.2) is 18.2 Å². The molecule has 76 valence electrons. The van der Waals surface area contributed by atoms with E-state index in [1.165, 1.54) is 12.1 Å². The molecule has 1 rings (SSSR count). The third kappa shape index (κ3) is 3.01. The Bertz CT molecular complexity index is 371. The number of hydrogen-bond donors (Lipinski definition) is 1. The Labute approximate surface area is 83.3 Å². The number of benzene rings is 1. The quantitative estimate of drug-likeness (QED) is 0.767. The molecule has 0 aliphatic carbocycles. The predicted molar refractivity (Wildman–Crippen MR) is 50.4 cm³/mol.